The van der Waals surface area contributed by atoms with E-state index >= 15 is 0 Å². The molecule has 0 N–H and O–H groups in total. The summed E-state index contributed by atoms with van der Waals surface area (Å²) in [5.74, 6) is 0.713. The predicted molar refractivity (Wildman–Crippen MR) is 32.2 cm³/mol. The van der Waals surface area contributed by atoms with Crippen LogP contribution in [0, 0.1) is 6.92 Å². The third-order valence-electron chi connectivity index (χ3n) is 0.798. The summed E-state index contributed by atoms with van der Waals surface area (Å²) in [5, 5.41) is 0. The summed E-state index contributed by atoms with van der Waals surface area (Å²) in [7, 11) is 5.31. The molecule has 0 bridgehead atoms. The van der Waals surface area contributed by atoms with Crippen molar-refractivity contribution in [3.05, 3.63) is 18.1 Å². The number of nitrogens with zero attached hydrogens (tertiary/aromatic N) is 2. The molecule has 3 heteroatoms. The van der Waals surface area contributed by atoms with Gasteiger partial charge in [0.05, 0.1) is 0 Å². The monoisotopic (exact) mass is 104 g/mol. The first-order chi connectivity index (χ1) is 3.79. The molecule has 1 rings (SSSR count). The molecular weight excluding hydrogens is 98.9 g/mol. The number of rotatable bonds is 0. The maximum absolute atomic E-state index is 5.31. The van der Waals surface area contributed by atoms with Gasteiger partial charge in [0.15, 0.2) is 0 Å². The Morgan fingerprint density at radius 3 is 2.75 bits per heavy atom. The second-order valence-electron chi connectivity index (χ2n) is 1.53. The first-order valence-corrected chi connectivity index (χ1v) is 2.34. The van der Waals surface area contributed by atoms with E-state index in [4.69, 9.17) is 7.85 Å². The van der Waals surface area contributed by atoms with Gasteiger partial charge in [-0.15, -0.1) is 0 Å². The fraction of sp³-hybridized carbons (Fsp3) is 0.200. The van der Waals surface area contributed by atoms with Crippen LogP contribution in [0.1, 0.15) is 5.82 Å². The van der Waals surface area contributed by atoms with E-state index in [9.17, 15) is 0 Å². The van der Waals surface area contributed by atoms with Gasteiger partial charge in [-0.2, -0.15) is 0 Å². The standard InChI is InChI=1S/C5H5BN2/c1-4-7-3-2-5(6)8-4/h2-3H,1H3. The summed E-state index contributed by atoms with van der Waals surface area (Å²) in [6.45, 7) is 1.80. The van der Waals surface area contributed by atoms with Crippen molar-refractivity contribution < 1.29 is 0 Å². The highest BCUT2D eigenvalue weighted by Crippen LogP contribution is 1.76. The van der Waals surface area contributed by atoms with E-state index in [2.05, 4.69) is 9.97 Å². The summed E-state index contributed by atoms with van der Waals surface area (Å²) < 4.78 is 0. The maximum Gasteiger partial charge on any atom is 0.141 e. The van der Waals surface area contributed by atoms with E-state index in [0.717, 1.165) is 0 Å². The zero-order valence-electron chi connectivity index (χ0n) is 4.63. The molecule has 8 heavy (non-hydrogen) atoms. The molecule has 0 saturated carbocycles. The minimum Gasteiger partial charge on any atom is -0.250 e. The van der Waals surface area contributed by atoms with Crippen LogP contribution in [-0.4, -0.2) is 17.8 Å². The molecule has 0 amide bonds. The summed E-state index contributed by atoms with van der Waals surface area (Å²) >= 11 is 0. The minimum absolute atomic E-state index is 0.525. The molecule has 0 aliphatic heterocycles. The first kappa shape index (κ1) is 5.28. The third kappa shape index (κ3) is 1.06. The smallest absolute Gasteiger partial charge is 0.141 e. The minimum atomic E-state index is 0.525. The van der Waals surface area contributed by atoms with E-state index in [0.29, 0.717) is 11.4 Å². The van der Waals surface area contributed by atoms with Gasteiger partial charge in [0.25, 0.3) is 0 Å². The average Bonchev–Trinajstić information content (AvgIpc) is 1.64. The molecule has 0 aromatic carbocycles. The highest BCUT2D eigenvalue weighted by Gasteiger charge is 1.83. The molecule has 2 nitrogen and oxygen atoms in total. The van der Waals surface area contributed by atoms with E-state index < -0.39 is 0 Å². The lowest BCUT2D eigenvalue weighted by atomic mass is 10.1. The molecule has 0 aliphatic rings. The van der Waals surface area contributed by atoms with Crippen LogP contribution in [0.15, 0.2) is 12.3 Å². The van der Waals surface area contributed by atoms with Gasteiger partial charge in [0.2, 0.25) is 0 Å². The second kappa shape index (κ2) is 1.94. The average molecular weight is 104 g/mol. The molecule has 1 aromatic heterocycles. The quantitative estimate of drug-likeness (QED) is 0.417. The SMILES string of the molecule is [B]c1ccnc(C)n1. The molecule has 2 radical (unpaired) electrons. The zero-order chi connectivity index (χ0) is 5.98. The van der Waals surface area contributed by atoms with Crippen molar-refractivity contribution >= 4 is 13.4 Å². The second-order valence-corrected chi connectivity index (χ2v) is 1.53. The molecule has 1 heterocycles. The van der Waals surface area contributed by atoms with Gasteiger partial charge >= 0.3 is 0 Å². The lowest BCUT2D eigenvalue weighted by Gasteiger charge is -1.89. The third-order valence-corrected chi connectivity index (χ3v) is 0.798. The van der Waals surface area contributed by atoms with Gasteiger partial charge in [-0.1, -0.05) is 0 Å². The molecule has 0 saturated heterocycles. The van der Waals surface area contributed by atoms with Crippen molar-refractivity contribution in [1.29, 1.82) is 0 Å². The van der Waals surface area contributed by atoms with Crippen molar-refractivity contribution in [2.75, 3.05) is 0 Å². The zero-order valence-corrected chi connectivity index (χ0v) is 4.63. The van der Waals surface area contributed by atoms with E-state index in [1.54, 1.807) is 19.2 Å². The van der Waals surface area contributed by atoms with Gasteiger partial charge in [0, 0.05) is 6.20 Å². The Morgan fingerprint density at radius 2 is 2.38 bits per heavy atom. The Kier molecular flexibility index (Phi) is 1.28. The topological polar surface area (TPSA) is 25.8 Å². The summed E-state index contributed by atoms with van der Waals surface area (Å²) in [6.07, 6.45) is 1.64. The molecule has 0 spiro atoms. The molecule has 0 aliphatic carbocycles. The van der Waals surface area contributed by atoms with Crippen LogP contribution < -0.4 is 5.59 Å². The van der Waals surface area contributed by atoms with Crippen molar-refractivity contribution in [2.24, 2.45) is 0 Å². The van der Waals surface area contributed by atoms with Gasteiger partial charge in [-0.05, 0) is 18.6 Å². The van der Waals surface area contributed by atoms with Crippen molar-refractivity contribution in [2.45, 2.75) is 6.92 Å². The Morgan fingerprint density at radius 1 is 1.62 bits per heavy atom. The lowest BCUT2D eigenvalue weighted by Crippen LogP contribution is -2.08. The van der Waals surface area contributed by atoms with E-state index in [1.165, 1.54) is 0 Å². The highest BCUT2D eigenvalue weighted by atomic mass is 14.8. The molecule has 0 fully saturated rings. The number of aromatic nitrogens is 2. The molecule has 0 unspecified atom stereocenters. The van der Waals surface area contributed by atoms with Gasteiger partial charge in [-0.3, -0.25) is 0 Å². The Labute approximate surface area is 49.4 Å². The van der Waals surface area contributed by atoms with Crippen LogP contribution in [0.5, 0.6) is 0 Å². The van der Waals surface area contributed by atoms with Crippen LogP contribution in [0.3, 0.4) is 0 Å². The van der Waals surface area contributed by atoms with E-state index in [1.807, 2.05) is 0 Å². The van der Waals surface area contributed by atoms with Crippen LogP contribution >= 0.6 is 0 Å². The predicted octanol–water partition coefficient (Wildman–Crippen LogP) is -0.421. The Hall–Kier alpha value is -0.855. The van der Waals surface area contributed by atoms with Gasteiger partial charge in [-0.25, -0.2) is 9.97 Å². The highest BCUT2D eigenvalue weighted by molar-refractivity contribution is 6.30. The van der Waals surface area contributed by atoms with Crippen LogP contribution in [0.4, 0.5) is 0 Å². The fourth-order valence-electron chi connectivity index (χ4n) is 0.474. The van der Waals surface area contributed by atoms with Crippen LogP contribution in [0.25, 0.3) is 0 Å². The Bertz CT molecular complexity index is 170. The largest absolute Gasteiger partial charge is 0.250 e. The molecule has 38 valence electrons. The summed E-state index contributed by atoms with van der Waals surface area (Å²) in [4.78, 5) is 7.69. The van der Waals surface area contributed by atoms with E-state index in [-0.39, 0.29) is 0 Å². The van der Waals surface area contributed by atoms with Crippen molar-refractivity contribution in [3.63, 3.8) is 0 Å². The summed E-state index contributed by atoms with van der Waals surface area (Å²) in [6, 6.07) is 1.66. The van der Waals surface area contributed by atoms with Gasteiger partial charge in [0.1, 0.15) is 13.7 Å². The van der Waals surface area contributed by atoms with Crippen LogP contribution in [0.2, 0.25) is 0 Å². The number of hydrogen-bond donors (Lipinski definition) is 0. The van der Waals surface area contributed by atoms with Gasteiger partial charge < -0.3 is 0 Å². The lowest BCUT2D eigenvalue weighted by molar-refractivity contribution is 1.08. The maximum atomic E-state index is 5.31. The van der Waals surface area contributed by atoms with Crippen molar-refractivity contribution in [3.8, 4) is 0 Å². The number of hydrogen-bond acceptors (Lipinski definition) is 2. The Balaban J connectivity index is 3.08. The normalized spacial score (nSPS) is 9.12. The molecular formula is C5H5BN2. The van der Waals surface area contributed by atoms with Crippen molar-refractivity contribution in [1.82, 2.24) is 9.97 Å². The number of aryl methyl sites for hydroxylation is 1. The fourth-order valence-corrected chi connectivity index (χ4v) is 0.474. The molecule has 1 aromatic rings. The molecule has 0 atom stereocenters. The summed E-state index contributed by atoms with van der Waals surface area (Å²) in [5.41, 5.74) is 0.525. The van der Waals surface area contributed by atoms with Crippen LogP contribution in [-0.2, 0) is 0 Å². The first-order valence-electron chi connectivity index (χ1n) is 2.34.